The van der Waals surface area contributed by atoms with E-state index in [1.54, 1.807) is 0 Å². The number of nitrogens with two attached hydrogens (primary N) is 1. The van der Waals surface area contributed by atoms with Crippen molar-refractivity contribution in [1.82, 2.24) is 10.2 Å². The van der Waals surface area contributed by atoms with Gasteiger partial charge in [-0.3, -0.25) is 9.69 Å². The van der Waals surface area contributed by atoms with Crippen molar-refractivity contribution >= 4 is 5.91 Å². The van der Waals surface area contributed by atoms with Crippen molar-refractivity contribution in [2.75, 3.05) is 19.6 Å². The molecule has 5 nitrogen and oxygen atoms in total. The number of hydrogen-bond acceptors (Lipinski definition) is 4. The lowest BCUT2D eigenvalue weighted by molar-refractivity contribution is -0.124. The number of likely N-dealkylation sites (tertiary alicyclic amines) is 1. The summed E-state index contributed by atoms with van der Waals surface area (Å²) in [5.41, 5.74) is 4.97. The number of nitrogens with zero attached hydrogens (tertiary/aromatic N) is 2. The molecule has 0 spiro atoms. The highest BCUT2D eigenvalue weighted by Crippen LogP contribution is 2.39. The highest BCUT2D eigenvalue weighted by atomic mass is 16.2. The number of hydrogen-bond donors (Lipinski definition) is 2. The van der Waals surface area contributed by atoms with Crippen LogP contribution in [0.5, 0.6) is 0 Å². The molecule has 5 heteroatoms. The van der Waals surface area contributed by atoms with Crippen LogP contribution in [0, 0.1) is 17.2 Å². The molecule has 3 N–H and O–H groups in total. The molecule has 1 saturated carbocycles. The van der Waals surface area contributed by atoms with Crippen molar-refractivity contribution in [2.24, 2.45) is 11.7 Å². The molecule has 1 amide bonds. The lowest BCUT2D eigenvalue weighted by atomic mass is 9.97. The molecule has 2 aliphatic rings. The Hall–Kier alpha value is -1.12. The second-order valence-corrected chi connectivity index (χ2v) is 6.33. The molecular formula is C15H26N4O. The first kappa shape index (κ1) is 15.3. The lowest BCUT2D eigenvalue weighted by Crippen LogP contribution is -2.52. The van der Waals surface area contributed by atoms with Gasteiger partial charge in [0, 0.05) is 6.04 Å². The first-order chi connectivity index (χ1) is 9.59. The summed E-state index contributed by atoms with van der Waals surface area (Å²) in [6.45, 7) is 3.87. The Bertz CT molecular complexity index is 386. The minimum absolute atomic E-state index is 0.0233. The fourth-order valence-electron chi connectivity index (χ4n) is 3.18. The van der Waals surface area contributed by atoms with Crippen LogP contribution in [0.2, 0.25) is 0 Å². The minimum Gasteiger partial charge on any atom is -0.337 e. The van der Waals surface area contributed by atoms with Crippen LogP contribution in [0.1, 0.15) is 45.4 Å². The van der Waals surface area contributed by atoms with E-state index in [1.807, 2.05) is 6.92 Å². The molecule has 1 aliphatic heterocycles. The van der Waals surface area contributed by atoms with Gasteiger partial charge in [-0.2, -0.15) is 5.26 Å². The topological polar surface area (TPSA) is 82.2 Å². The number of rotatable bonds is 6. The quantitative estimate of drug-likeness (QED) is 0.759. The van der Waals surface area contributed by atoms with Gasteiger partial charge in [0.15, 0.2) is 0 Å². The summed E-state index contributed by atoms with van der Waals surface area (Å²) in [7, 11) is 0. The summed E-state index contributed by atoms with van der Waals surface area (Å²) in [5.74, 6) is 0.308. The molecule has 2 fully saturated rings. The minimum atomic E-state index is -0.684. The van der Waals surface area contributed by atoms with Crippen LogP contribution >= 0.6 is 0 Å². The largest absolute Gasteiger partial charge is 0.337 e. The van der Waals surface area contributed by atoms with E-state index in [0.29, 0.717) is 25.0 Å². The van der Waals surface area contributed by atoms with Gasteiger partial charge in [0.25, 0.3) is 0 Å². The zero-order chi connectivity index (χ0) is 14.6. The molecular weight excluding hydrogens is 252 g/mol. The number of nitrogens with one attached hydrogen (secondary N) is 1. The average Bonchev–Trinajstić information content (AvgIpc) is 3.26. The molecule has 2 unspecified atom stereocenters. The van der Waals surface area contributed by atoms with Gasteiger partial charge in [0.2, 0.25) is 5.91 Å². The van der Waals surface area contributed by atoms with E-state index in [0.717, 1.165) is 38.6 Å². The monoisotopic (exact) mass is 278 g/mol. The fraction of sp³-hybridized carbons (Fsp3) is 0.867. The maximum absolute atomic E-state index is 12.2. The van der Waals surface area contributed by atoms with Crippen LogP contribution in [0.3, 0.4) is 0 Å². The molecule has 0 bridgehead atoms. The third-order valence-corrected chi connectivity index (χ3v) is 4.62. The van der Waals surface area contributed by atoms with Gasteiger partial charge in [-0.15, -0.1) is 0 Å². The van der Waals surface area contributed by atoms with Gasteiger partial charge >= 0.3 is 0 Å². The van der Waals surface area contributed by atoms with Crippen LogP contribution in [-0.2, 0) is 4.79 Å². The van der Waals surface area contributed by atoms with Crippen LogP contribution < -0.4 is 11.1 Å². The number of carbonyl (C=O) groups excluding carboxylic acids is 1. The Balaban J connectivity index is 1.88. The summed E-state index contributed by atoms with van der Waals surface area (Å²) in [4.78, 5) is 14.5. The van der Waals surface area contributed by atoms with Crippen molar-refractivity contribution in [3.05, 3.63) is 0 Å². The third-order valence-electron chi connectivity index (χ3n) is 4.62. The smallest absolute Gasteiger partial charge is 0.235 e. The molecule has 2 atom stereocenters. The molecule has 112 valence electrons. The normalized spacial score (nSPS) is 26.6. The molecule has 1 heterocycles. The zero-order valence-electron chi connectivity index (χ0n) is 12.4. The van der Waals surface area contributed by atoms with Crippen LogP contribution in [-0.4, -0.2) is 42.0 Å². The number of piperidine rings is 1. The third kappa shape index (κ3) is 3.71. The molecule has 20 heavy (non-hydrogen) atoms. The summed E-state index contributed by atoms with van der Waals surface area (Å²) in [6.07, 6.45) is 6.54. The maximum Gasteiger partial charge on any atom is 0.235 e. The lowest BCUT2D eigenvalue weighted by Gasteiger charge is -2.35. The van der Waals surface area contributed by atoms with Crippen molar-refractivity contribution in [3.8, 4) is 6.07 Å². The van der Waals surface area contributed by atoms with E-state index in [-0.39, 0.29) is 5.91 Å². The molecule has 2 rings (SSSR count). The van der Waals surface area contributed by atoms with E-state index in [9.17, 15) is 10.1 Å². The van der Waals surface area contributed by atoms with Gasteiger partial charge in [0.1, 0.15) is 5.54 Å². The maximum atomic E-state index is 12.2. The Kier molecular flexibility index (Phi) is 5.00. The highest BCUT2D eigenvalue weighted by molar-refractivity contribution is 5.79. The number of nitriles is 1. The van der Waals surface area contributed by atoms with Gasteiger partial charge in [0.05, 0.1) is 12.6 Å². The Morgan fingerprint density at radius 3 is 2.80 bits per heavy atom. The van der Waals surface area contributed by atoms with Crippen LogP contribution in [0.15, 0.2) is 0 Å². The van der Waals surface area contributed by atoms with Crippen molar-refractivity contribution < 1.29 is 4.79 Å². The first-order valence-corrected chi connectivity index (χ1v) is 7.75. The second-order valence-electron chi connectivity index (χ2n) is 6.33. The van der Waals surface area contributed by atoms with E-state index in [2.05, 4.69) is 16.3 Å². The number of amides is 1. The van der Waals surface area contributed by atoms with Gasteiger partial charge in [-0.05, 0) is 58.0 Å². The Morgan fingerprint density at radius 1 is 1.45 bits per heavy atom. The van der Waals surface area contributed by atoms with Crippen molar-refractivity contribution in [2.45, 2.75) is 57.0 Å². The second kappa shape index (κ2) is 6.55. The predicted molar refractivity (Wildman–Crippen MR) is 77.8 cm³/mol. The summed E-state index contributed by atoms with van der Waals surface area (Å²) in [5, 5.41) is 12.2. The van der Waals surface area contributed by atoms with E-state index < -0.39 is 5.54 Å². The Labute approximate surface area is 121 Å². The molecule has 1 aliphatic carbocycles. The SMILES string of the molecule is CC(C#N)(NC(=O)CN1CCCCC1CCN)C1CC1. The molecule has 0 aromatic carbocycles. The predicted octanol–water partition coefficient (Wildman–Crippen LogP) is 0.998. The molecule has 0 aromatic heterocycles. The number of carbonyl (C=O) groups is 1. The average molecular weight is 278 g/mol. The van der Waals surface area contributed by atoms with E-state index in [1.165, 1.54) is 6.42 Å². The standard InChI is InChI=1S/C15H26N4O/c1-15(11-17,12-5-6-12)18-14(20)10-19-9-3-2-4-13(19)7-8-16/h12-13H,2-10,16H2,1H3,(H,18,20). The molecule has 0 aromatic rings. The van der Waals surface area contributed by atoms with Crippen LogP contribution in [0.25, 0.3) is 0 Å². The Morgan fingerprint density at radius 2 is 2.20 bits per heavy atom. The molecule has 1 saturated heterocycles. The summed E-state index contributed by atoms with van der Waals surface area (Å²) in [6, 6.07) is 2.70. The van der Waals surface area contributed by atoms with Crippen molar-refractivity contribution in [1.29, 1.82) is 5.26 Å². The fourth-order valence-corrected chi connectivity index (χ4v) is 3.18. The summed E-state index contributed by atoms with van der Waals surface area (Å²) < 4.78 is 0. The zero-order valence-corrected chi connectivity index (χ0v) is 12.4. The van der Waals surface area contributed by atoms with Crippen molar-refractivity contribution in [3.63, 3.8) is 0 Å². The van der Waals surface area contributed by atoms with E-state index in [4.69, 9.17) is 5.73 Å². The van der Waals surface area contributed by atoms with Crippen LogP contribution in [0.4, 0.5) is 0 Å². The van der Waals surface area contributed by atoms with Gasteiger partial charge in [-0.25, -0.2) is 0 Å². The highest BCUT2D eigenvalue weighted by Gasteiger charge is 2.43. The molecule has 0 radical (unpaired) electrons. The summed E-state index contributed by atoms with van der Waals surface area (Å²) >= 11 is 0. The van der Waals surface area contributed by atoms with E-state index >= 15 is 0 Å². The van der Waals surface area contributed by atoms with Gasteiger partial charge < -0.3 is 11.1 Å². The first-order valence-electron chi connectivity index (χ1n) is 7.75. The van der Waals surface area contributed by atoms with Gasteiger partial charge in [-0.1, -0.05) is 6.42 Å².